The Hall–Kier alpha value is -1.56. The lowest BCUT2D eigenvalue weighted by Crippen LogP contribution is -2.45. The highest BCUT2D eigenvalue weighted by molar-refractivity contribution is 5.80. The molecule has 0 saturated heterocycles. The molecule has 6 nitrogen and oxygen atoms in total. The van der Waals surface area contributed by atoms with Gasteiger partial charge in [-0.15, -0.1) is 0 Å². The summed E-state index contributed by atoms with van der Waals surface area (Å²) < 4.78 is 10.4. The van der Waals surface area contributed by atoms with E-state index in [-0.39, 0.29) is 11.9 Å². The molecular weight excluding hydrogens is 306 g/mol. The fourth-order valence-electron chi connectivity index (χ4n) is 3.26. The van der Waals surface area contributed by atoms with Crippen LogP contribution in [-0.4, -0.2) is 51.4 Å². The van der Waals surface area contributed by atoms with E-state index in [9.17, 15) is 4.79 Å². The largest absolute Gasteiger partial charge is 0.466 e. The van der Waals surface area contributed by atoms with Crippen molar-refractivity contribution in [1.29, 1.82) is 0 Å². The number of guanidine groups is 1. The average Bonchev–Trinajstić information content (AvgIpc) is 2.62. The Balaban J connectivity index is 1.66. The van der Waals surface area contributed by atoms with Crippen molar-refractivity contribution in [3.63, 3.8) is 0 Å². The Morgan fingerprint density at radius 2 is 2.17 bits per heavy atom. The van der Waals surface area contributed by atoms with Crippen molar-refractivity contribution in [2.75, 3.05) is 33.4 Å². The molecule has 2 aliphatic rings. The second-order valence-corrected chi connectivity index (χ2v) is 6.38. The van der Waals surface area contributed by atoms with Crippen LogP contribution in [0.3, 0.4) is 0 Å². The van der Waals surface area contributed by atoms with Crippen LogP contribution in [0.2, 0.25) is 0 Å². The van der Waals surface area contributed by atoms with E-state index in [1.54, 1.807) is 7.05 Å². The van der Waals surface area contributed by atoms with Gasteiger partial charge in [0.1, 0.15) is 0 Å². The number of ether oxygens (including phenoxy) is 2. The molecule has 0 radical (unpaired) electrons. The van der Waals surface area contributed by atoms with E-state index in [1.165, 1.54) is 5.57 Å². The van der Waals surface area contributed by atoms with Crippen LogP contribution in [0.1, 0.15) is 45.4 Å². The van der Waals surface area contributed by atoms with E-state index in [4.69, 9.17) is 9.47 Å². The van der Waals surface area contributed by atoms with Crippen LogP contribution in [0.4, 0.5) is 0 Å². The summed E-state index contributed by atoms with van der Waals surface area (Å²) in [6.07, 6.45) is 7.98. The van der Waals surface area contributed by atoms with Crippen molar-refractivity contribution < 1.29 is 14.3 Å². The number of carbonyl (C=O) groups excluding carboxylic acids is 1. The number of hydrogen-bond donors (Lipinski definition) is 2. The minimum absolute atomic E-state index is 0.0387. The molecule has 0 aromatic rings. The second-order valence-electron chi connectivity index (χ2n) is 6.38. The van der Waals surface area contributed by atoms with Gasteiger partial charge in [0, 0.05) is 19.6 Å². The topological polar surface area (TPSA) is 72.0 Å². The van der Waals surface area contributed by atoms with E-state index >= 15 is 0 Å². The molecule has 1 aliphatic carbocycles. The van der Waals surface area contributed by atoms with Gasteiger partial charge in [0.05, 0.1) is 25.7 Å². The minimum atomic E-state index is -0.0387. The molecule has 0 atom stereocenters. The summed E-state index contributed by atoms with van der Waals surface area (Å²) in [4.78, 5) is 16.1. The average molecular weight is 337 g/mol. The summed E-state index contributed by atoms with van der Waals surface area (Å²) in [5, 5.41) is 6.86. The van der Waals surface area contributed by atoms with E-state index in [1.807, 2.05) is 6.92 Å². The highest BCUT2D eigenvalue weighted by Gasteiger charge is 2.27. The third kappa shape index (κ3) is 6.15. The first kappa shape index (κ1) is 18.8. The van der Waals surface area contributed by atoms with E-state index in [0.717, 1.165) is 64.2 Å². The molecular formula is C18H31N3O3. The summed E-state index contributed by atoms with van der Waals surface area (Å²) >= 11 is 0. The van der Waals surface area contributed by atoms with Crippen LogP contribution >= 0.6 is 0 Å². The third-order valence-electron chi connectivity index (χ3n) is 4.71. The zero-order chi connectivity index (χ0) is 17.2. The first-order valence-electron chi connectivity index (χ1n) is 9.12. The SMILES string of the molecule is CCOC(=O)C1CCC(NC(=NC)NCCC2=CCOCC2)CC1. The molecule has 2 rings (SSSR count). The van der Waals surface area contributed by atoms with Crippen molar-refractivity contribution in [1.82, 2.24) is 10.6 Å². The number of aliphatic imine (C=N–C) groups is 1. The molecule has 1 heterocycles. The standard InChI is InChI=1S/C18H31N3O3/c1-3-24-17(22)15-4-6-16(7-5-15)21-18(19-2)20-11-8-14-9-12-23-13-10-14/h9,15-16H,3-8,10-13H2,1-2H3,(H2,19,20,21). The molecule has 0 spiro atoms. The molecule has 0 aromatic heterocycles. The molecule has 1 fully saturated rings. The zero-order valence-electron chi connectivity index (χ0n) is 15.0. The predicted octanol–water partition coefficient (Wildman–Crippen LogP) is 2.01. The summed E-state index contributed by atoms with van der Waals surface area (Å²) in [6.45, 7) is 4.78. The maximum Gasteiger partial charge on any atom is 0.308 e. The Morgan fingerprint density at radius 3 is 2.79 bits per heavy atom. The van der Waals surface area contributed by atoms with Crippen LogP contribution < -0.4 is 10.6 Å². The molecule has 2 N–H and O–H groups in total. The molecule has 6 heteroatoms. The maximum absolute atomic E-state index is 11.8. The van der Waals surface area contributed by atoms with Gasteiger partial charge in [-0.2, -0.15) is 0 Å². The fraction of sp³-hybridized carbons (Fsp3) is 0.778. The first-order chi connectivity index (χ1) is 11.7. The van der Waals surface area contributed by atoms with Crippen LogP contribution in [0.15, 0.2) is 16.6 Å². The lowest BCUT2D eigenvalue weighted by Gasteiger charge is -2.29. The fourth-order valence-corrected chi connectivity index (χ4v) is 3.26. The molecule has 136 valence electrons. The van der Waals surface area contributed by atoms with Gasteiger partial charge in [-0.1, -0.05) is 11.6 Å². The highest BCUT2D eigenvalue weighted by atomic mass is 16.5. The van der Waals surface area contributed by atoms with Crippen LogP contribution in [0, 0.1) is 5.92 Å². The summed E-state index contributed by atoms with van der Waals surface area (Å²) in [7, 11) is 1.80. The maximum atomic E-state index is 11.8. The van der Waals surface area contributed by atoms with E-state index in [2.05, 4.69) is 21.7 Å². The van der Waals surface area contributed by atoms with Gasteiger partial charge in [0.2, 0.25) is 0 Å². The number of hydrogen-bond acceptors (Lipinski definition) is 4. The van der Waals surface area contributed by atoms with Crippen LogP contribution in [0.25, 0.3) is 0 Å². The summed E-state index contributed by atoms with van der Waals surface area (Å²) in [5.41, 5.74) is 1.46. The third-order valence-corrected chi connectivity index (χ3v) is 4.71. The molecule has 0 unspecified atom stereocenters. The van der Waals surface area contributed by atoms with Crippen molar-refractivity contribution in [3.8, 4) is 0 Å². The zero-order valence-corrected chi connectivity index (χ0v) is 15.0. The van der Waals surface area contributed by atoms with Crippen LogP contribution in [-0.2, 0) is 14.3 Å². The monoisotopic (exact) mass is 337 g/mol. The van der Waals surface area contributed by atoms with E-state index in [0.29, 0.717) is 12.6 Å². The van der Waals surface area contributed by atoms with Crippen LogP contribution in [0.5, 0.6) is 0 Å². The molecule has 0 aromatic carbocycles. The quantitative estimate of drug-likeness (QED) is 0.336. The summed E-state index contributed by atoms with van der Waals surface area (Å²) in [5.74, 6) is 0.879. The van der Waals surface area contributed by atoms with Crippen molar-refractivity contribution in [2.24, 2.45) is 10.9 Å². The number of carbonyl (C=O) groups is 1. The number of rotatable bonds is 6. The van der Waals surface area contributed by atoms with Crippen molar-refractivity contribution in [3.05, 3.63) is 11.6 Å². The van der Waals surface area contributed by atoms with Gasteiger partial charge < -0.3 is 20.1 Å². The van der Waals surface area contributed by atoms with Crippen molar-refractivity contribution >= 4 is 11.9 Å². The van der Waals surface area contributed by atoms with Gasteiger partial charge in [0.25, 0.3) is 0 Å². The smallest absolute Gasteiger partial charge is 0.308 e. The lowest BCUT2D eigenvalue weighted by molar-refractivity contribution is -0.149. The van der Waals surface area contributed by atoms with Gasteiger partial charge in [-0.3, -0.25) is 9.79 Å². The minimum Gasteiger partial charge on any atom is -0.466 e. The molecule has 1 saturated carbocycles. The van der Waals surface area contributed by atoms with Gasteiger partial charge in [-0.25, -0.2) is 0 Å². The van der Waals surface area contributed by atoms with Gasteiger partial charge in [0.15, 0.2) is 5.96 Å². The molecule has 0 amide bonds. The second kappa shape index (κ2) is 10.3. The normalized spacial score (nSPS) is 24.9. The number of esters is 1. The molecule has 1 aliphatic heterocycles. The first-order valence-corrected chi connectivity index (χ1v) is 9.12. The van der Waals surface area contributed by atoms with Crippen molar-refractivity contribution in [2.45, 2.75) is 51.5 Å². The number of nitrogens with zero attached hydrogens (tertiary/aromatic N) is 1. The Bertz CT molecular complexity index is 454. The lowest BCUT2D eigenvalue weighted by atomic mass is 9.86. The van der Waals surface area contributed by atoms with E-state index < -0.39 is 0 Å². The number of nitrogens with one attached hydrogen (secondary N) is 2. The van der Waals surface area contributed by atoms with Gasteiger partial charge in [-0.05, 0) is 45.4 Å². The Labute approximate surface area is 145 Å². The highest BCUT2D eigenvalue weighted by Crippen LogP contribution is 2.25. The Morgan fingerprint density at radius 1 is 1.38 bits per heavy atom. The molecule has 0 bridgehead atoms. The predicted molar refractivity (Wildman–Crippen MR) is 95.0 cm³/mol. The van der Waals surface area contributed by atoms with Gasteiger partial charge >= 0.3 is 5.97 Å². The Kier molecular flexibility index (Phi) is 8.08. The molecule has 24 heavy (non-hydrogen) atoms. The summed E-state index contributed by atoms with van der Waals surface area (Å²) in [6, 6.07) is 0.379.